The molecule has 2 heterocycles. The smallest absolute Gasteiger partial charge is 0.353 e. The van der Waals surface area contributed by atoms with Crippen LogP contribution in [0.15, 0.2) is 30.9 Å². The van der Waals surface area contributed by atoms with Crippen molar-refractivity contribution in [2.75, 3.05) is 30.9 Å². The molecule has 0 amide bonds. The van der Waals surface area contributed by atoms with Gasteiger partial charge in [0.2, 0.25) is 11.6 Å². The Morgan fingerprint density at radius 2 is 2.18 bits per heavy atom. The van der Waals surface area contributed by atoms with Crippen molar-refractivity contribution in [2.24, 2.45) is 0 Å². The minimum absolute atomic E-state index is 0.113. The Labute approximate surface area is 126 Å². The predicted molar refractivity (Wildman–Crippen MR) is 81.2 cm³/mol. The highest BCUT2D eigenvalue weighted by atomic mass is 16.6. The molecule has 0 atom stereocenters. The number of nitrogens with zero attached hydrogens (tertiary/aromatic N) is 4. The van der Waals surface area contributed by atoms with Gasteiger partial charge in [0, 0.05) is 26.5 Å². The maximum Gasteiger partial charge on any atom is 0.353 e. The largest absolute Gasteiger partial charge is 0.385 e. The number of nitrogens with one attached hydrogen (secondary N) is 2. The first kappa shape index (κ1) is 15.6. The van der Waals surface area contributed by atoms with Gasteiger partial charge in [0.25, 0.3) is 0 Å². The molecule has 0 aliphatic heterocycles. The van der Waals surface area contributed by atoms with E-state index < -0.39 is 4.92 Å². The molecule has 22 heavy (non-hydrogen) atoms. The fourth-order valence-electron chi connectivity index (χ4n) is 1.77. The molecule has 0 saturated carbocycles. The predicted octanol–water partition coefficient (Wildman–Crippen LogP) is 1.97. The number of ether oxygens (including phenoxy) is 1. The minimum Gasteiger partial charge on any atom is -0.385 e. The Morgan fingerprint density at radius 1 is 1.36 bits per heavy atom. The molecule has 9 nitrogen and oxygen atoms in total. The van der Waals surface area contributed by atoms with E-state index in [4.69, 9.17) is 4.74 Å². The average molecular weight is 304 g/mol. The van der Waals surface area contributed by atoms with E-state index in [0.29, 0.717) is 25.3 Å². The topological polar surface area (TPSA) is 115 Å². The van der Waals surface area contributed by atoms with Gasteiger partial charge in [-0.25, -0.2) is 9.97 Å². The molecule has 2 aromatic rings. The molecule has 0 fully saturated rings. The summed E-state index contributed by atoms with van der Waals surface area (Å²) in [6.45, 7) is 1.07. The highest BCUT2D eigenvalue weighted by Gasteiger charge is 2.22. The number of nitro groups is 1. The second kappa shape index (κ2) is 7.84. The summed E-state index contributed by atoms with van der Waals surface area (Å²) < 4.78 is 4.93. The molecule has 0 aliphatic rings. The molecule has 2 rings (SSSR count). The summed E-state index contributed by atoms with van der Waals surface area (Å²) in [6.07, 6.45) is 5.15. The second-order valence-electron chi connectivity index (χ2n) is 4.32. The van der Waals surface area contributed by atoms with Crippen molar-refractivity contribution in [1.29, 1.82) is 0 Å². The molecule has 0 aromatic carbocycles. The first-order valence-electron chi connectivity index (χ1n) is 6.61. The van der Waals surface area contributed by atoms with E-state index in [-0.39, 0.29) is 17.3 Å². The van der Waals surface area contributed by atoms with Crippen LogP contribution in [0, 0.1) is 10.1 Å². The first-order chi connectivity index (χ1) is 10.7. The summed E-state index contributed by atoms with van der Waals surface area (Å²) in [5, 5.41) is 17.1. The van der Waals surface area contributed by atoms with Crippen LogP contribution in [0.1, 0.15) is 6.42 Å². The number of hydrogen-bond acceptors (Lipinski definition) is 8. The number of hydrogen-bond donors (Lipinski definition) is 2. The molecule has 9 heteroatoms. The molecule has 116 valence electrons. The van der Waals surface area contributed by atoms with Crippen LogP contribution in [0.5, 0.6) is 0 Å². The summed E-state index contributed by atoms with van der Waals surface area (Å²) >= 11 is 0. The van der Waals surface area contributed by atoms with Crippen LogP contribution in [-0.2, 0) is 4.74 Å². The van der Waals surface area contributed by atoms with Gasteiger partial charge in [-0.15, -0.1) is 0 Å². The van der Waals surface area contributed by atoms with Gasteiger partial charge in [0.05, 0.1) is 16.8 Å². The highest BCUT2D eigenvalue weighted by molar-refractivity contribution is 5.73. The monoisotopic (exact) mass is 304 g/mol. The number of rotatable bonds is 8. The Morgan fingerprint density at radius 3 is 2.86 bits per heavy atom. The summed E-state index contributed by atoms with van der Waals surface area (Å²) in [4.78, 5) is 22.6. The quantitative estimate of drug-likeness (QED) is 0.432. The molecule has 2 aromatic heterocycles. The maximum atomic E-state index is 11.3. The Kier molecular flexibility index (Phi) is 5.55. The lowest BCUT2D eigenvalue weighted by Gasteiger charge is -2.09. The third-order valence-electron chi connectivity index (χ3n) is 2.75. The summed E-state index contributed by atoms with van der Waals surface area (Å²) in [5.74, 6) is 0.282. The van der Waals surface area contributed by atoms with Gasteiger partial charge in [-0.05, 0) is 18.6 Å². The molecule has 0 radical (unpaired) electrons. The summed E-state index contributed by atoms with van der Waals surface area (Å²) in [7, 11) is 1.60. The fraction of sp³-hybridized carbons (Fsp3) is 0.308. The Hall–Kier alpha value is -2.81. The molecular formula is C13H16N6O3. The van der Waals surface area contributed by atoms with Crippen LogP contribution in [0.4, 0.5) is 23.0 Å². The molecule has 0 bridgehead atoms. The summed E-state index contributed by atoms with van der Waals surface area (Å²) in [6, 6.07) is 3.46. The van der Waals surface area contributed by atoms with Gasteiger partial charge in [-0.1, -0.05) is 0 Å². The van der Waals surface area contributed by atoms with Gasteiger partial charge < -0.3 is 15.4 Å². The van der Waals surface area contributed by atoms with E-state index in [2.05, 4.69) is 25.6 Å². The number of aromatic nitrogens is 3. The van der Waals surface area contributed by atoms with Gasteiger partial charge in [-0.3, -0.25) is 15.1 Å². The van der Waals surface area contributed by atoms with Gasteiger partial charge in [0.1, 0.15) is 6.33 Å². The van der Waals surface area contributed by atoms with Crippen molar-refractivity contribution >= 4 is 23.0 Å². The van der Waals surface area contributed by atoms with Crippen LogP contribution in [0.2, 0.25) is 0 Å². The second-order valence-corrected chi connectivity index (χ2v) is 4.32. The van der Waals surface area contributed by atoms with Crippen LogP contribution < -0.4 is 10.6 Å². The van der Waals surface area contributed by atoms with E-state index in [1.165, 1.54) is 6.33 Å². The molecular weight excluding hydrogens is 288 g/mol. The summed E-state index contributed by atoms with van der Waals surface area (Å²) in [5.41, 5.74) is 0.401. The zero-order valence-corrected chi connectivity index (χ0v) is 12.0. The Balaban J connectivity index is 2.20. The number of anilines is 3. The highest BCUT2D eigenvalue weighted by Crippen LogP contribution is 2.30. The molecule has 0 saturated heterocycles. The van der Waals surface area contributed by atoms with E-state index >= 15 is 0 Å². The fourth-order valence-corrected chi connectivity index (χ4v) is 1.77. The molecule has 0 aliphatic carbocycles. The number of pyridine rings is 1. The lowest BCUT2D eigenvalue weighted by Crippen LogP contribution is -2.10. The van der Waals surface area contributed by atoms with Crippen molar-refractivity contribution in [1.82, 2.24) is 15.0 Å². The van der Waals surface area contributed by atoms with Crippen LogP contribution in [0.25, 0.3) is 0 Å². The van der Waals surface area contributed by atoms with Crippen LogP contribution in [-0.4, -0.2) is 40.1 Å². The van der Waals surface area contributed by atoms with Crippen molar-refractivity contribution in [2.45, 2.75) is 6.42 Å². The number of methoxy groups -OCH3 is 1. The van der Waals surface area contributed by atoms with E-state index in [1.54, 1.807) is 31.6 Å². The third-order valence-corrected chi connectivity index (χ3v) is 2.75. The molecule has 2 N–H and O–H groups in total. The zero-order chi connectivity index (χ0) is 15.8. The van der Waals surface area contributed by atoms with Gasteiger partial charge in [0.15, 0.2) is 0 Å². The van der Waals surface area contributed by atoms with Crippen LogP contribution >= 0.6 is 0 Å². The van der Waals surface area contributed by atoms with Crippen molar-refractivity contribution in [3.05, 3.63) is 41.0 Å². The van der Waals surface area contributed by atoms with Crippen molar-refractivity contribution < 1.29 is 9.66 Å². The Bertz CT molecular complexity index is 622. The zero-order valence-electron chi connectivity index (χ0n) is 12.0. The lowest BCUT2D eigenvalue weighted by molar-refractivity contribution is -0.383. The third kappa shape index (κ3) is 4.09. The van der Waals surface area contributed by atoms with Gasteiger partial charge >= 0.3 is 5.69 Å². The van der Waals surface area contributed by atoms with Crippen molar-refractivity contribution in [3.8, 4) is 0 Å². The molecule has 0 unspecified atom stereocenters. The minimum atomic E-state index is -0.517. The maximum absolute atomic E-state index is 11.3. The van der Waals surface area contributed by atoms with E-state index in [9.17, 15) is 10.1 Å². The SMILES string of the molecule is COCCCNc1ncnc(Nc2cccnc2)c1[N+](=O)[O-]. The lowest BCUT2D eigenvalue weighted by atomic mass is 10.3. The molecule has 0 spiro atoms. The van der Waals surface area contributed by atoms with Crippen molar-refractivity contribution in [3.63, 3.8) is 0 Å². The van der Waals surface area contributed by atoms with Gasteiger partial charge in [-0.2, -0.15) is 0 Å². The van der Waals surface area contributed by atoms with E-state index in [1.807, 2.05) is 0 Å². The first-order valence-corrected chi connectivity index (χ1v) is 6.61. The standard InChI is InChI=1S/C13H16N6O3/c1-22-7-3-6-15-12-11(19(20)21)13(17-9-16-12)18-10-4-2-5-14-8-10/h2,4-5,8-9H,3,6-7H2,1H3,(H2,15,16,17,18). The van der Waals surface area contributed by atoms with E-state index in [0.717, 1.165) is 0 Å². The average Bonchev–Trinajstić information content (AvgIpc) is 2.52. The normalized spacial score (nSPS) is 10.2. The van der Waals surface area contributed by atoms with Crippen LogP contribution in [0.3, 0.4) is 0 Å².